The predicted molar refractivity (Wildman–Crippen MR) is 107 cm³/mol. The summed E-state index contributed by atoms with van der Waals surface area (Å²) in [4.78, 5) is 20.6. The zero-order valence-corrected chi connectivity index (χ0v) is 15.1. The van der Waals surface area contributed by atoms with Gasteiger partial charge in [0.05, 0.1) is 21.8 Å². The minimum Gasteiger partial charge on any atom is -0.258 e. The summed E-state index contributed by atoms with van der Waals surface area (Å²) in [5.74, 6) is 0. The lowest BCUT2D eigenvalue weighted by molar-refractivity contribution is -0.383. The van der Waals surface area contributed by atoms with Gasteiger partial charge in [0.2, 0.25) is 0 Å². The number of fused-ring (bicyclic) bond motifs is 1. The van der Waals surface area contributed by atoms with Gasteiger partial charge in [-0.2, -0.15) is 0 Å². The third-order valence-corrected chi connectivity index (χ3v) is 4.63. The normalized spacial score (nSPS) is 10.9. The van der Waals surface area contributed by atoms with Crippen LogP contribution in [0.15, 0.2) is 66.7 Å². The van der Waals surface area contributed by atoms with E-state index >= 15 is 0 Å². The van der Waals surface area contributed by atoms with Gasteiger partial charge in [0.25, 0.3) is 0 Å². The number of nitro groups is 1. The Kier molecular flexibility index (Phi) is 4.30. The topological polar surface area (TPSA) is 68.9 Å². The zero-order chi connectivity index (χ0) is 19.0. The molecule has 27 heavy (non-hydrogen) atoms. The summed E-state index contributed by atoms with van der Waals surface area (Å²) in [5, 5.41) is 11.7. The van der Waals surface area contributed by atoms with Crippen molar-refractivity contribution >= 4 is 28.3 Å². The van der Waals surface area contributed by atoms with Crippen molar-refractivity contribution in [2.75, 3.05) is 0 Å². The van der Waals surface area contributed by atoms with E-state index in [0.29, 0.717) is 16.9 Å². The van der Waals surface area contributed by atoms with Gasteiger partial charge in [-0.1, -0.05) is 72.3 Å². The third kappa shape index (κ3) is 3.02. The third-order valence-electron chi connectivity index (χ3n) is 4.34. The van der Waals surface area contributed by atoms with Crippen LogP contribution in [0.5, 0.6) is 0 Å². The summed E-state index contributed by atoms with van der Waals surface area (Å²) in [6.45, 7) is 1.82. The van der Waals surface area contributed by atoms with E-state index < -0.39 is 4.92 Å². The van der Waals surface area contributed by atoms with E-state index in [-0.39, 0.29) is 16.2 Å². The summed E-state index contributed by atoms with van der Waals surface area (Å²) in [6, 6.07) is 20.7. The molecule has 4 rings (SSSR count). The highest BCUT2D eigenvalue weighted by atomic mass is 35.5. The van der Waals surface area contributed by atoms with E-state index in [2.05, 4.69) is 4.98 Å². The molecule has 0 amide bonds. The van der Waals surface area contributed by atoms with Crippen LogP contribution >= 0.6 is 11.6 Å². The summed E-state index contributed by atoms with van der Waals surface area (Å²) in [6.07, 6.45) is 0. The Bertz CT molecular complexity index is 1160. The fourth-order valence-electron chi connectivity index (χ4n) is 3.08. The van der Waals surface area contributed by atoms with Crippen molar-refractivity contribution in [3.05, 3.63) is 87.4 Å². The van der Waals surface area contributed by atoms with Gasteiger partial charge in [-0.25, -0.2) is 9.97 Å². The van der Waals surface area contributed by atoms with Gasteiger partial charge in [0, 0.05) is 11.1 Å². The molecule has 1 heterocycles. The van der Waals surface area contributed by atoms with Crippen molar-refractivity contribution < 1.29 is 4.92 Å². The molecule has 4 aromatic rings. The van der Waals surface area contributed by atoms with E-state index in [1.165, 1.54) is 0 Å². The number of hydrogen-bond donors (Lipinski definition) is 0. The molecule has 1 aromatic heterocycles. The fourth-order valence-corrected chi connectivity index (χ4v) is 3.41. The molecule has 0 spiro atoms. The first-order valence-electron chi connectivity index (χ1n) is 8.32. The summed E-state index contributed by atoms with van der Waals surface area (Å²) in [5.41, 5.74) is 4.17. The van der Waals surface area contributed by atoms with Crippen LogP contribution in [0.25, 0.3) is 33.5 Å². The second kappa shape index (κ2) is 6.78. The number of rotatable bonds is 3. The quantitative estimate of drug-likeness (QED) is 0.333. The molecule has 6 heteroatoms. The molecule has 0 saturated heterocycles. The minimum atomic E-state index is -0.504. The maximum Gasteiger partial charge on any atom is 0.315 e. The van der Waals surface area contributed by atoms with Crippen LogP contribution in [0.1, 0.15) is 5.56 Å². The number of aryl methyl sites for hydroxylation is 1. The molecule has 0 aliphatic rings. The van der Waals surface area contributed by atoms with Crippen LogP contribution in [0.4, 0.5) is 5.69 Å². The maximum atomic E-state index is 11.6. The minimum absolute atomic E-state index is 0.0609. The maximum absolute atomic E-state index is 11.6. The molecule has 0 atom stereocenters. The van der Waals surface area contributed by atoms with Crippen molar-refractivity contribution in [1.82, 2.24) is 9.97 Å². The van der Waals surface area contributed by atoms with E-state index in [9.17, 15) is 10.1 Å². The molecule has 0 bridgehead atoms. The molecule has 0 radical (unpaired) electrons. The van der Waals surface area contributed by atoms with Gasteiger partial charge in [-0.3, -0.25) is 10.1 Å². The first-order valence-corrected chi connectivity index (χ1v) is 8.70. The number of halogens is 1. The van der Waals surface area contributed by atoms with Crippen molar-refractivity contribution in [2.24, 2.45) is 0 Å². The van der Waals surface area contributed by atoms with E-state index in [1.807, 2.05) is 67.6 Å². The highest BCUT2D eigenvalue weighted by Gasteiger charge is 2.24. The van der Waals surface area contributed by atoms with E-state index in [4.69, 9.17) is 16.6 Å². The van der Waals surface area contributed by atoms with Gasteiger partial charge in [-0.15, -0.1) is 0 Å². The van der Waals surface area contributed by atoms with Crippen LogP contribution < -0.4 is 0 Å². The lowest BCUT2D eigenvalue weighted by atomic mass is 10.0. The molecular formula is C21H14ClN3O2. The summed E-state index contributed by atoms with van der Waals surface area (Å²) >= 11 is 6.15. The highest BCUT2D eigenvalue weighted by Crippen LogP contribution is 2.38. The Morgan fingerprint density at radius 3 is 1.81 bits per heavy atom. The van der Waals surface area contributed by atoms with Gasteiger partial charge >= 0.3 is 5.69 Å². The molecule has 0 aliphatic carbocycles. The average molecular weight is 376 g/mol. The Balaban J connectivity index is 2.15. The largest absolute Gasteiger partial charge is 0.315 e. The summed E-state index contributed by atoms with van der Waals surface area (Å²) < 4.78 is 0. The van der Waals surface area contributed by atoms with E-state index in [1.54, 1.807) is 6.07 Å². The monoisotopic (exact) mass is 375 g/mol. The lowest BCUT2D eigenvalue weighted by Gasteiger charge is -2.12. The van der Waals surface area contributed by atoms with Crippen LogP contribution in [-0.4, -0.2) is 14.9 Å². The van der Waals surface area contributed by atoms with Crippen molar-refractivity contribution in [3.63, 3.8) is 0 Å². The SMILES string of the molecule is Cc1cc(Cl)c([N+](=O)[O-])c2nc(-c3ccccc3)c(-c3ccccc3)nc12. The second-order valence-electron chi connectivity index (χ2n) is 6.13. The molecule has 0 saturated carbocycles. The van der Waals surface area contributed by atoms with Crippen LogP contribution in [0.3, 0.4) is 0 Å². The van der Waals surface area contributed by atoms with Gasteiger partial charge in [-0.05, 0) is 18.6 Å². The van der Waals surface area contributed by atoms with Crippen LogP contribution in [0, 0.1) is 17.0 Å². The second-order valence-corrected chi connectivity index (χ2v) is 6.54. The van der Waals surface area contributed by atoms with Crippen molar-refractivity contribution in [2.45, 2.75) is 6.92 Å². The van der Waals surface area contributed by atoms with Crippen molar-refractivity contribution in [3.8, 4) is 22.5 Å². The number of hydrogen-bond acceptors (Lipinski definition) is 4. The first kappa shape index (κ1) is 17.1. The first-order chi connectivity index (χ1) is 13.1. The molecule has 3 aromatic carbocycles. The molecule has 132 valence electrons. The fraction of sp³-hybridized carbons (Fsp3) is 0.0476. The van der Waals surface area contributed by atoms with Gasteiger partial charge in [0.1, 0.15) is 5.02 Å². The smallest absolute Gasteiger partial charge is 0.258 e. The lowest BCUT2D eigenvalue weighted by Crippen LogP contribution is -2.01. The van der Waals surface area contributed by atoms with Crippen LogP contribution in [-0.2, 0) is 0 Å². The number of nitro benzene ring substituents is 1. The molecule has 5 nitrogen and oxygen atoms in total. The highest BCUT2D eigenvalue weighted by molar-refractivity contribution is 6.34. The predicted octanol–water partition coefficient (Wildman–Crippen LogP) is 5.83. The molecule has 0 aliphatic heterocycles. The Morgan fingerprint density at radius 1 is 0.852 bits per heavy atom. The van der Waals surface area contributed by atoms with Crippen molar-refractivity contribution in [1.29, 1.82) is 0 Å². The summed E-state index contributed by atoms with van der Waals surface area (Å²) in [7, 11) is 0. The molecule has 0 fully saturated rings. The van der Waals surface area contributed by atoms with Gasteiger partial charge in [0.15, 0.2) is 5.52 Å². The Labute approximate surface area is 160 Å². The number of benzene rings is 3. The molecule has 0 unspecified atom stereocenters. The van der Waals surface area contributed by atoms with Crippen LogP contribution in [0.2, 0.25) is 5.02 Å². The average Bonchev–Trinajstić information content (AvgIpc) is 2.68. The Morgan fingerprint density at radius 2 is 1.33 bits per heavy atom. The Hall–Kier alpha value is -3.31. The molecular weight excluding hydrogens is 362 g/mol. The zero-order valence-electron chi connectivity index (χ0n) is 14.4. The van der Waals surface area contributed by atoms with E-state index in [0.717, 1.165) is 16.7 Å². The molecule has 0 N–H and O–H groups in total. The number of nitrogens with zero attached hydrogens (tertiary/aromatic N) is 3. The van der Waals surface area contributed by atoms with Gasteiger partial charge < -0.3 is 0 Å². The standard InChI is InChI=1S/C21H14ClN3O2/c1-13-12-16(22)21(25(26)27)20-17(13)23-18(14-8-4-2-5-9-14)19(24-20)15-10-6-3-7-11-15/h2-12H,1H3. The number of aromatic nitrogens is 2.